The van der Waals surface area contributed by atoms with Gasteiger partial charge in [0, 0.05) is 24.0 Å². The van der Waals surface area contributed by atoms with E-state index in [4.69, 9.17) is 0 Å². The van der Waals surface area contributed by atoms with Gasteiger partial charge in [-0.2, -0.15) is 0 Å². The number of benzene rings is 1. The number of carbonyl (C=O) groups excluding carboxylic acids is 2. The first kappa shape index (κ1) is 15.6. The van der Waals surface area contributed by atoms with Crippen molar-refractivity contribution in [1.82, 2.24) is 9.38 Å². The second-order valence-electron chi connectivity index (χ2n) is 6.58. The Balaban J connectivity index is 1.77. The minimum absolute atomic E-state index is 0.0422. The number of hydrogen-bond acceptors (Lipinski definition) is 3. The van der Waals surface area contributed by atoms with E-state index in [9.17, 15) is 9.59 Å². The van der Waals surface area contributed by atoms with Crippen LogP contribution in [0.25, 0.3) is 5.65 Å². The Bertz CT molecular complexity index is 1030. The molecule has 0 saturated carbocycles. The van der Waals surface area contributed by atoms with Gasteiger partial charge < -0.3 is 4.90 Å². The molecule has 0 N–H and O–H groups in total. The van der Waals surface area contributed by atoms with Gasteiger partial charge in [0.2, 0.25) is 0 Å². The summed E-state index contributed by atoms with van der Waals surface area (Å²) in [5, 5.41) is 0. The molecule has 126 valence electrons. The summed E-state index contributed by atoms with van der Waals surface area (Å²) in [6.07, 6.45) is 2.66. The number of Topliss-reactive ketones (excluding diaryl/α,β-unsaturated/α-hetero) is 1. The Kier molecular flexibility index (Phi) is 3.46. The zero-order valence-electron chi connectivity index (χ0n) is 14.5. The summed E-state index contributed by atoms with van der Waals surface area (Å²) in [7, 11) is 0. The van der Waals surface area contributed by atoms with Gasteiger partial charge in [-0.1, -0.05) is 0 Å². The van der Waals surface area contributed by atoms with Crippen LogP contribution in [0, 0.1) is 13.8 Å². The molecule has 25 heavy (non-hydrogen) atoms. The molecular weight excluding hydrogens is 314 g/mol. The third kappa shape index (κ3) is 2.43. The summed E-state index contributed by atoms with van der Waals surface area (Å²) in [6.45, 7) is 6.05. The molecule has 5 nitrogen and oxygen atoms in total. The molecule has 3 heterocycles. The number of amides is 1. The van der Waals surface area contributed by atoms with Crippen molar-refractivity contribution in [3.63, 3.8) is 0 Å². The van der Waals surface area contributed by atoms with Crippen LogP contribution in [-0.2, 0) is 6.42 Å². The molecule has 0 atom stereocenters. The predicted octanol–water partition coefficient (Wildman–Crippen LogP) is 3.36. The number of aryl methyl sites for hydroxylation is 2. The van der Waals surface area contributed by atoms with Crippen LogP contribution in [0.4, 0.5) is 5.69 Å². The summed E-state index contributed by atoms with van der Waals surface area (Å²) in [6, 6.07) is 9.51. The lowest BCUT2D eigenvalue weighted by Crippen LogP contribution is -2.30. The minimum atomic E-state index is -0.0526. The average molecular weight is 333 g/mol. The first-order chi connectivity index (χ1) is 12.0. The van der Waals surface area contributed by atoms with Gasteiger partial charge in [0.1, 0.15) is 11.3 Å². The van der Waals surface area contributed by atoms with E-state index in [0.717, 1.165) is 34.6 Å². The van der Waals surface area contributed by atoms with E-state index in [0.29, 0.717) is 17.8 Å². The van der Waals surface area contributed by atoms with Crippen molar-refractivity contribution < 1.29 is 9.59 Å². The predicted molar refractivity (Wildman–Crippen MR) is 96.5 cm³/mol. The number of fused-ring (bicyclic) bond motifs is 2. The molecule has 0 saturated heterocycles. The summed E-state index contributed by atoms with van der Waals surface area (Å²) >= 11 is 0. The minimum Gasteiger partial charge on any atom is -0.306 e. The second-order valence-corrected chi connectivity index (χ2v) is 6.58. The lowest BCUT2D eigenvalue weighted by molar-refractivity contribution is 0.0981. The molecule has 0 fully saturated rings. The van der Waals surface area contributed by atoms with Crippen molar-refractivity contribution in [3.05, 3.63) is 64.6 Å². The Morgan fingerprint density at radius 3 is 2.68 bits per heavy atom. The largest absolute Gasteiger partial charge is 0.306 e. The number of imidazole rings is 1. The van der Waals surface area contributed by atoms with E-state index >= 15 is 0 Å². The maximum Gasteiger partial charge on any atom is 0.277 e. The van der Waals surface area contributed by atoms with Gasteiger partial charge in [0.25, 0.3) is 5.91 Å². The standard InChI is InChI=1S/C20H19N3O2/c1-12-6-8-23-18(10-12)21-13(2)19(23)20(25)22-9-7-16-11-15(14(3)24)4-5-17(16)22/h4-6,8,10-11H,7,9H2,1-3H3. The summed E-state index contributed by atoms with van der Waals surface area (Å²) in [4.78, 5) is 31.1. The van der Waals surface area contributed by atoms with Crippen LogP contribution < -0.4 is 4.90 Å². The van der Waals surface area contributed by atoms with E-state index in [-0.39, 0.29) is 11.7 Å². The normalized spacial score (nSPS) is 13.3. The Labute approximate surface area is 145 Å². The lowest BCUT2D eigenvalue weighted by Gasteiger charge is -2.17. The Morgan fingerprint density at radius 2 is 1.92 bits per heavy atom. The summed E-state index contributed by atoms with van der Waals surface area (Å²) in [5.74, 6) is -0.0104. The highest BCUT2D eigenvalue weighted by molar-refractivity contribution is 6.08. The molecule has 1 aliphatic rings. The molecule has 0 spiro atoms. The fourth-order valence-corrected chi connectivity index (χ4v) is 3.48. The molecule has 5 heteroatoms. The monoisotopic (exact) mass is 333 g/mol. The van der Waals surface area contributed by atoms with Gasteiger partial charge in [-0.05, 0) is 68.7 Å². The highest BCUT2D eigenvalue weighted by Gasteiger charge is 2.29. The van der Waals surface area contributed by atoms with E-state index in [1.807, 2.05) is 48.7 Å². The topological polar surface area (TPSA) is 54.7 Å². The highest BCUT2D eigenvalue weighted by Crippen LogP contribution is 2.31. The first-order valence-corrected chi connectivity index (χ1v) is 8.37. The van der Waals surface area contributed by atoms with Gasteiger partial charge in [-0.3, -0.25) is 14.0 Å². The maximum absolute atomic E-state index is 13.2. The number of nitrogens with zero attached hydrogens (tertiary/aromatic N) is 3. The van der Waals surface area contributed by atoms with E-state index in [1.165, 1.54) is 0 Å². The van der Waals surface area contributed by atoms with Gasteiger partial charge in [-0.25, -0.2) is 4.98 Å². The van der Waals surface area contributed by atoms with Crippen LogP contribution in [0.15, 0.2) is 36.5 Å². The molecule has 1 aromatic carbocycles. The van der Waals surface area contributed by atoms with E-state index in [1.54, 1.807) is 17.9 Å². The number of hydrogen-bond donors (Lipinski definition) is 0. The number of ketones is 1. The molecule has 1 aliphatic heterocycles. The fraction of sp³-hybridized carbons (Fsp3) is 0.250. The van der Waals surface area contributed by atoms with E-state index in [2.05, 4.69) is 4.98 Å². The van der Waals surface area contributed by atoms with Crippen LogP contribution in [0.2, 0.25) is 0 Å². The van der Waals surface area contributed by atoms with Crippen molar-refractivity contribution in [2.75, 3.05) is 11.4 Å². The van der Waals surface area contributed by atoms with Crippen molar-refractivity contribution in [1.29, 1.82) is 0 Å². The van der Waals surface area contributed by atoms with E-state index < -0.39 is 0 Å². The van der Waals surface area contributed by atoms with Crippen LogP contribution in [0.3, 0.4) is 0 Å². The molecule has 3 aromatic rings. The number of anilines is 1. The van der Waals surface area contributed by atoms with Crippen LogP contribution in [0.1, 0.15) is 44.6 Å². The Hall–Kier alpha value is -2.95. The van der Waals surface area contributed by atoms with Crippen molar-refractivity contribution in [2.45, 2.75) is 27.2 Å². The third-order valence-corrected chi connectivity index (χ3v) is 4.79. The van der Waals surface area contributed by atoms with Crippen LogP contribution >= 0.6 is 0 Å². The van der Waals surface area contributed by atoms with Crippen LogP contribution in [0.5, 0.6) is 0 Å². The number of aromatic nitrogens is 2. The van der Waals surface area contributed by atoms with Crippen molar-refractivity contribution >= 4 is 23.0 Å². The smallest absolute Gasteiger partial charge is 0.277 e. The number of pyridine rings is 1. The lowest BCUT2D eigenvalue weighted by atomic mass is 10.1. The zero-order valence-corrected chi connectivity index (χ0v) is 14.5. The molecule has 2 aromatic heterocycles. The number of carbonyl (C=O) groups is 2. The van der Waals surface area contributed by atoms with Crippen molar-refractivity contribution in [3.8, 4) is 0 Å². The summed E-state index contributed by atoms with van der Waals surface area (Å²) in [5.41, 5.74) is 5.84. The zero-order chi connectivity index (χ0) is 17.7. The molecular formula is C20H19N3O2. The summed E-state index contributed by atoms with van der Waals surface area (Å²) < 4.78 is 1.85. The fourth-order valence-electron chi connectivity index (χ4n) is 3.48. The highest BCUT2D eigenvalue weighted by atomic mass is 16.2. The molecule has 0 aliphatic carbocycles. The average Bonchev–Trinajstić information content (AvgIpc) is 3.13. The SMILES string of the molecule is CC(=O)c1ccc2c(c1)CCN2C(=O)c1c(C)nc2cc(C)ccn12. The molecule has 0 bridgehead atoms. The molecule has 4 rings (SSSR count). The first-order valence-electron chi connectivity index (χ1n) is 8.37. The maximum atomic E-state index is 13.2. The molecule has 0 unspecified atom stereocenters. The number of rotatable bonds is 2. The van der Waals surface area contributed by atoms with Crippen molar-refractivity contribution in [2.24, 2.45) is 0 Å². The van der Waals surface area contributed by atoms with Gasteiger partial charge in [0.05, 0.1) is 5.69 Å². The second kappa shape index (κ2) is 5.55. The van der Waals surface area contributed by atoms with Gasteiger partial charge >= 0.3 is 0 Å². The van der Waals surface area contributed by atoms with Crippen LogP contribution in [-0.4, -0.2) is 27.6 Å². The molecule has 0 radical (unpaired) electrons. The van der Waals surface area contributed by atoms with Gasteiger partial charge in [0.15, 0.2) is 5.78 Å². The van der Waals surface area contributed by atoms with Gasteiger partial charge in [-0.15, -0.1) is 0 Å². The quantitative estimate of drug-likeness (QED) is 0.676. The Morgan fingerprint density at radius 1 is 1.12 bits per heavy atom. The molecule has 1 amide bonds. The third-order valence-electron chi connectivity index (χ3n) is 4.79.